The number of esters is 1. The molecule has 0 spiro atoms. The minimum atomic E-state index is -0.918. The number of hydrogen-bond acceptors (Lipinski definition) is 3. The summed E-state index contributed by atoms with van der Waals surface area (Å²) in [6.45, 7) is 6.08. The van der Waals surface area contributed by atoms with E-state index in [9.17, 15) is 13.6 Å². The van der Waals surface area contributed by atoms with Gasteiger partial charge in [-0.05, 0) is 26.5 Å². The Morgan fingerprint density at radius 1 is 1.37 bits per heavy atom. The summed E-state index contributed by atoms with van der Waals surface area (Å²) in [5.41, 5.74) is -0.664. The number of carbonyl (C=O) groups excluding carboxylic acids is 1. The second kappa shape index (κ2) is 6.61. The lowest BCUT2D eigenvalue weighted by molar-refractivity contribution is -0.144. The van der Waals surface area contributed by atoms with Crippen LogP contribution in [0.5, 0.6) is 0 Å². The maximum Gasteiger partial charge on any atom is 0.307 e. The molecule has 0 aliphatic heterocycles. The molecule has 0 saturated carbocycles. The number of ether oxygens (including phenoxy) is 1. The van der Waals surface area contributed by atoms with Gasteiger partial charge in [0, 0.05) is 11.6 Å². The molecule has 106 valence electrons. The SMILES string of the molecule is CCNC(C)(CC(=O)OCC)c1ccc(F)cc1F. The average molecular weight is 271 g/mol. The largest absolute Gasteiger partial charge is 0.466 e. The molecule has 0 aliphatic rings. The van der Waals surface area contributed by atoms with E-state index in [0.717, 1.165) is 6.07 Å². The van der Waals surface area contributed by atoms with Gasteiger partial charge < -0.3 is 10.1 Å². The number of nitrogens with one attached hydrogen (secondary N) is 1. The van der Waals surface area contributed by atoms with Gasteiger partial charge in [-0.1, -0.05) is 13.0 Å². The molecule has 0 saturated heterocycles. The highest BCUT2D eigenvalue weighted by Crippen LogP contribution is 2.28. The molecule has 0 bridgehead atoms. The molecule has 0 amide bonds. The van der Waals surface area contributed by atoms with E-state index in [1.54, 1.807) is 13.8 Å². The quantitative estimate of drug-likeness (QED) is 0.808. The van der Waals surface area contributed by atoms with Crippen LogP contribution in [-0.4, -0.2) is 19.1 Å². The third-order valence-electron chi connectivity index (χ3n) is 2.90. The van der Waals surface area contributed by atoms with E-state index in [4.69, 9.17) is 4.74 Å². The fourth-order valence-electron chi connectivity index (χ4n) is 2.08. The van der Waals surface area contributed by atoms with Crippen molar-refractivity contribution in [3.63, 3.8) is 0 Å². The van der Waals surface area contributed by atoms with Gasteiger partial charge in [0.05, 0.1) is 18.6 Å². The van der Waals surface area contributed by atoms with Gasteiger partial charge in [0.1, 0.15) is 11.6 Å². The van der Waals surface area contributed by atoms with Crippen LogP contribution in [0.2, 0.25) is 0 Å². The number of hydrogen-bond donors (Lipinski definition) is 1. The first-order chi connectivity index (χ1) is 8.92. The molecule has 1 unspecified atom stereocenters. The van der Waals surface area contributed by atoms with Crippen LogP contribution in [0.4, 0.5) is 8.78 Å². The smallest absolute Gasteiger partial charge is 0.307 e. The Morgan fingerprint density at radius 2 is 2.05 bits per heavy atom. The summed E-state index contributed by atoms with van der Waals surface area (Å²) < 4.78 is 31.7. The highest BCUT2D eigenvalue weighted by Gasteiger charge is 2.32. The predicted molar refractivity (Wildman–Crippen MR) is 68.6 cm³/mol. The van der Waals surface area contributed by atoms with Crippen LogP contribution in [0.1, 0.15) is 32.8 Å². The average Bonchev–Trinajstić information content (AvgIpc) is 2.28. The van der Waals surface area contributed by atoms with Crippen molar-refractivity contribution >= 4 is 5.97 Å². The molecule has 1 aromatic carbocycles. The summed E-state index contributed by atoms with van der Waals surface area (Å²) in [7, 11) is 0. The second-order valence-electron chi connectivity index (χ2n) is 4.47. The van der Waals surface area contributed by atoms with Crippen molar-refractivity contribution in [2.45, 2.75) is 32.7 Å². The predicted octanol–water partition coefficient (Wildman–Crippen LogP) is 2.74. The fraction of sp³-hybridized carbons (Fsp3) is 0.500. The Hall–Kier alpha value is -1.49. The molecular weight excluding hydrogens is 252 g/mol. The molecule has 1 atom stereocenters. The van der Waals surface area contributed by atoms with Crippen LogP contribution in [0.3, 0.4) is 0 Å². The van der Waals surface area contributed by atoms with Gasteiger partial charge in [0.15, 0.2) is 0 Å². The monoisotopic (exact) mass is 271 g/mol. The van der Waals surface area contributed by atoms with Gasteiger partial charge in [-0.25, -0.2) is 8.78 Å². The lowest BCUT2D eigenvalue weighted by Gasteiger charge is -2.30. The maximum atomic E-state index is 13.9. The summed E-state index contributed by atoms with van der Waals surface area (Å²) in [5, 5.41) is 3.06. The van der Waals surface area contributed by atoms with Gasteiger partial charge in [-0.3, -0.25) is 4.79 Å². The summed E-state index contributed by atoms with van der Waals surface area (Å²) in [6, 6.07) is 3.35. The molecule has 0 radical (unpaired) electrons. The molecular formula is C14H19F2NO2. The van der Waals surface area contributed by atoms with Crippen LogP contribution in [-0.2, 0) is 15.1 Å². The Bertz CT molecular complexity index is 451. The lowest BCUT2D eigenvalue weighted by atomic mass is 9.88. The van der Waals surface area contributed by atoms with E-state index in [0.29, 0.717) is 6.54 Å². The molecule has 0 fully saturated rings. The summed E-state index contributed by atoms with van der Waals surface area (Å²) in [4.78, 5) is 11.6. The van der Waals surface area contributed by atoms with Crippen LogP contribution < -0.4 is 5.32 Å². The van der Waals surface area contributed by atoms with Gasteiger partial charge in [-0.2, -0.15) is 0 Å². The van der Waals surface area contributed by atoms with E-state index in [2.05, 4.69) is 5.32 Å². The van der Waals surface area contributed by atoms with Crippen molar-refractivity contribution < 1.29 is 18.3 Å². The zero-order valence-corrected chi connectivity index (χ0v) is 11.4. The molecule has 0 aliphatic carbocycles. The summed E-state index contributed by atoms with van der Waals surface area (Å²) in [6.07, 6.45) is -0.0166. The summed E-state index contributed by atoms with van der Waals surface area (Å²) >= 11 is 0. The number of halogens is 2. The van der Waals surface area contributed by atoms with Crippen molar-refractivity contribution in [2.24, 2.45) is 0 Å². The van der Waals surface area contributed by atoms with Crippen molar-refractivity contribution in [1.29, 1.82) is 0 Å². The topological polar surface area (TPSA) is 38.3 Å². The van der Waals surface area contributed by atoms with Crippen molar-refractivity contribution in [3.05, 3.63) is 35.4 Å². The number of carbonyl (C=O) groups is 1. The molecule has 1 rings (SSSR count). The third kappa shape index (κ3) is 3.99. The van der Waals surface area contributed by atoms with Crippen molar-refractivity contribution in [3.8, 4) is 0 Å². The third-order valence-corrected chi connectivity index (χ3v) is 2.90. The van der Waals surface area contributed by atoms with Crippen molar-refractivity contribution in [1.82, 2.24) is 5.32 Å². The minimum Gasteiger partial charge on any atom is -0.466 e. The zero-order valence-electron chi connectivity index (χ0n) is 11.4. The summed E-state index contributed by atoms with van der Waals surface area (Å²) in [5.74, 6) is -1.74. The van der Waals surface area contributed by atoms with Gasteiger partial charge >= 0.3 is 5.97 Å². The Kier molecular flexibility index (Phi) is 5.42. The molecule has 5 heteroatoms. The van der Waals surface area contributed by atoms with Crippen LogP contribution >= 0.6 is 0 Å². The molecule has 0 aromatic heterocycles. The van der Waals surface area contributed by atoms with Gasteiger partial charge in [-0.15, -0.1) is 0 Å². The van der Waals surface area contributed by atoms with Crippen LogP contribution in [0, 0.1) is 11.6 Å². The first-order valence-electron chi connectivity index (χ1n) is 6.29. The van der Waals surface area contributed by atoms with Crippen LogP contribution in [0.25, 0.3) is 0 Å². The Morgan fingerprint density at radius 3 is 2.58 bits per heavy atom. The Labute approximate surface area is 112 Å². The van der Waals surface area contributed by atoms with Gasteiger partial charge in [0.2, 0.25) is 0 Å². The fourth-order valence-corrected chi connectivity index (χ4v) is 2.08. The molecule has 0 heterocycles. The first kappa shape index (κ1) is 15.6. The highest BCUT2D eigenvalue weighted by atomic mass is 19.1. The normalized spacial score (nSPS) is 13.9. The van der Waals surface area contributed by atoms with Crippen LogP contribution in [0.15, 0.2) is 18.2 Å². The Balaban J connectivity index is 3.06. The zero-order chi connectivity index (χ0) is 14.5. The van der Waals surface area contributed by atoms with Crippen molar-refractivity contribution in [2.75, 3.05) is 13.2 Å². The molecule has 1 N–H and O–H groups in total. The number of benzene rings is 1. The number of rotatable bonds is 6. The van der Waals surface area contributed by atoms with E-state index >= 15 is 0 Å². The van der Waals surface area contributed by atoms with E-state index in [1.807, 2.05) is 6.92 Å². The van der Waals surface area contributed by atoms with E-state index in [1.165, 1.54) is 12.1 Å². The second-order valence-corrected chi connectivity index (χ2v) is 4.47. The van der Waals surface area contributed by atoms with E-state index < -0.39 is 23.1 Å². The highest BCUT2D eigenvalue weighted by molar-refractivity contribution is 5.71. The standard InChI is InChI=1S/C14H19F2NO2/c1-4-17-14(3,9-13(18)19-5-2)11-7-6-10(15)8-12(11)16/h6-8,17H,4-5,9H2,1-3H3. The molecule has 1 aromatic rings. The minimum absolute atomic E-state index is 0.0166. The lowest BCUT2D eigenvalue weighted by Crippen LogP contribution is -2.42. The molecule has 19 heavy (non-hydrogen) atoms. The molecule has 3 nitrogen and oxygen atoms in total. The van der Waals surface area contributed by atoms with E-state index in [-0.39, 0.29) is 18.6 Å². The van der Waals surface area contributed by atoms with Gasteiger partial charge in [0.25, 0.3) is 0 Å². The maximum absolute atomic E-state index is 13.9. The first-order valence-corrected chi connectivity index (χ1v) is 6.29.